The molecular weight excluding hydrogens is 222 g/mol. The van der Waals surface area contributed by atoms with Crippen LogP contribution in [0.2, 0.25) is 0 Å². The highest BCUT2D eigenvalue weighted by Gasteiger charge is 2.23. The Bertz CT molecular complexity index is 218. The maximum atomic E-state index is 3.68. The monoisotopic (exact) mass is 253 g/mol. The van der Waals surface area contributed by atoms with Crippen molar-refractivity contribution in [1.82, 2.24) is 15.1 Å². The molecule has 0 aromatic rings. The van der Waals surface area contributed by atoms with Crippen LogP contribution in [0.5, 0.6) is 0 Å². The van der Waals surface area contributed by atoms with Gasteiger partial charge in [0.1, 0.15) is 0 Å². The smallest absolute Gasteiger partial charge is 0.0113 e. The summed E-state index contributed by atoms with van der Waals surface area (Å²) in [6.45, 7) is 12.3. The molecule has 2 aliphatic rings. The summed E-state index contributed by atoms with van der Waals surface area (Å²) in [5, 5.41) is 3.68. The van der Waals surface area contributed by atoms with Crippen LogP contribution in [0.3, 0.4) is 0 Å². The Balaban J connectivity index is 1.68. The van der Waals surface area contributed by atoms with Gasteiger partial charge in [-0.15, -0.1) is 0 Å². The molecule has 2 aliphatic heterocycles. The Hall–Kier alpha value is -0.120. The summed E-state index contributed by atoms with van der Waals surface area (Å²) < 4.78 is 0. The molecule has 0 amide bonds. The summed E-state index contributed by atoms with van der Waals surface area (Å²) in [6, 6.07) is 1.53. The molecule has 2 atom stereocenters. The van der Waals surface area contributed by atoms with Crippen LogP contribution in [-0.2, 0) is 0 Å². The summed E-state index contributed by atoms with van der Waals surface area (Å²) in [5.74, 6) is 0. The van der Waals surface area contributed by atoms with Gasteiger partial charge in [-0.3, -0.25) is 4.90 Å². The van der Waals surface area contributed by atoms with Gasteiger partial charge < -0.3 is 10.2 Å². The maximum absolute atomic E-state index is 3.68. The molecule has 2 unspecified atom stereocenters. The van der Waals surface area contributed by atoms with Crippen molar-refractivity contribution < 1.29 is 0 Å². The van der Waals surface area contributed by atoms with Crippen LogP contribution < -0.4 is 5.32 Å². The van der Waals surface area contributed by atoms with Gasteiger partial charge in [0.25, 0.3) is 0 Å². The Morgan fingerprint density at radius 1 is 1.17 bits per heavy atom. The summed E-state index contributed by atoms with van der Waals surface area (Å²) in [4.78, 5) is 5.31. The van der Waals surface area contributed by atoms with Crippen molar-refractivity contribution in [3.05, 3.63) is 0 Å². The molecule has 0 spiro atoms. The van der Waals surface area contributed by atoms with Crippen molar-refractivity contribution in [2.75, 3.05) is 39.3 Å². The number of rotatable bonds is 5. The Kier molecular flexibility index (Phi) is 5.93. The van der Waals surface area contributed by atoms with E-state index < -0.39 is 0 Å². The van der Waals surface area contributed by atoms with E-state index in [0.29, 0.717) is 0 Å². The van der Waals surface area contributed by atoms with E-state index in [1.165, 1.54) is 71.4 Å². The zero-order chi connectivity index (χ0) is 12.8. The van der Waals surface area contributed by atoms with E-state index in [9.17, 15) is 0 Å². The minimum absolute atomic E-state index is 0.754. The van der Waals surface area contributed by atoms with E-state index >= 15 is 0 Å². The third kappa shape index (κ3) is 4.22. The minimum atomic E-state index is 0.754. The lowest BCUT2D eigenvalue weighted by atomic mass is 9.98. The number of nitrogens with one attached hydrogen (secondary N) is 1. The van der Waals surface area contributed by atoms with Crippen LogP contribution >= 0.6 is 0 Å². The van der Waals surface area contributed by atoms with Crippen molar-refractivity contribution in [3.8, 4) is 0 Å². The number of nitrogens with zero attached hydrogens (tertiary/aromatic N) is 2. The molecule has 0 aromatic heterocycles. The molecule has 0 aliphatic carbocycles. The molecule has 0 radical (unpaired) electrons. The van der Waals surface area contributed by atoms with E-state index in [4.69, 9.17) is 0 Å². The van der Waals surface area contributed by atoms with Crippen LogP contribution in [0.15, 0.2) is 0 Å². The van der Waals surface area contributed by atoms with Crippen LogP contribution in [0.1, 0.15) is 46.0 Å². The predicted molar refractivity (Wildman–Crippen MR) is 78.0 cm³/mol. The molecule has 2 rings (SSSR count). The van der Waals surface area contributed by atoms with Gasteiger partial charge in [0.05, 0.1) is 0 Å². The van der Waals surface area contributed by atoms with E-state index in [2.05, 4.69) is 29.0 Å². The second-order valence-corrected chi connectivity index (χ2v) is 6.11. The van der Waals surface area contributed by atoms with Crippen LogP contribution in [0.25, 0.3) is 0 Å². The molecule has 18 heavy (non-hydrogen) atoms. The van der Waals surface area contributed by atoms with E-state index in [-0.39, 0.29) is 0 Å². The molecule has 106 valence electrons. The summed E-state index contributed by atoms with van der Waals surface area (Å²) in [5.41, 5.74) is 0. The standard InChI is InChI=1S/C15H31N3/c1-3-8-17-9-11-18(12-10-17)14(2)13-15-6-4-5-7-16-15/h14-16H,3-13H2,1-2H3. The van der Waals surface area contributed by atoms with Crippen molar-refractivity contribution in [3.63, 3.8) is 0 Å². The highest BCUT2D eigenvalue weighted by atomic mass is 15.3. The molecular formula is C15H31N3. The number of hydrogen-bond acceptors (Lipinski definition) is 3. The lowest BCUT2D eigenvalue weighted by Crippen LogP contribution is -2.51. The van der Waals surface area contributed by atoms with Crippen LogP contribution in [0.4, 0.5) is 0 Å². The minimum Gasteiger partial charge on any atom is -0.314 e. The number of piperazine rings is 1. The van der Waals surface area contributed by atoms with Gasteiger partial charge >= 0.3 is 0 Å². The van der Waals surface area contributed by atoms with Gasteiger partial charge in [0, 0.05) is 38.3 Å². The van der Waals surface area contributed by atoms with Gasteiger partial charge in [0.15, 0.2) is 0 Å². The Labute approximate surface area is 113 Å². The predicted octanol–water partition coefficient (Wildman–Crippen LogP) is 1.93. The molecule has 2 fully saturated rings. The fourth-order valence-electron chi connectivity index (χ4n) is 3.43. The Morgan fingerprint density at radius 2 is 1.94 bits per heavy atom. The van der Waals surface area contributed by atoms with Crippen LogP contribution in [-0.4, -0.2) is 61.2 Å². The SMILES string of the molecule is CCCN1CCN(C(C)CC2CCCCN2)CC1. The largest absolute Gasteiger partial charge is 0.314 e. The fourth-order valence-corrected chi connectivity index (χ4v) is 3.43. The van der Waals surface area contributed by atoms with Crippen LogP contribution in [0, 0.1) is 0 Å². The zero-order valence-electron chi connectivity index (χ0n) is 12.3. The number of piperidine rings is 1. The first-order chi connectivity index (χ1) is 8.79. The Morgan fingerprint density at radius 3 is 2.56 bits per heavy atom. The second kappa shape index (κ2) is 7.46. The maximum Gasteiger partial charge on any atom is 0.0113 e. The normalized spacial score (nSPS) is 29.3. The fraction of sp³-hybridized carbons (Fsp3) is 1.00. The summed E-state index contributed by atoms with van der Waals surface area (Å²) >= 11 is 0. The van der Waals surface area contributed by atoms with Crippen molar-refractivity contribution >= 4 is 0 Å². The molecule has 2 heterocycles. The third-order valence-corrected chi connectivity index (χ3v) is 4.61. The summed E-state index contributed by atoms with van der Waals surface area (Å²) in [6.07, 6.45) is 6.82. The third-order valence-electron chi connectivity index (χ3n) is 4.61. The van der Waals surface area contributed by atoms with Gasteiger partial charge in [-0.25, -0.2) is 0 Å². The van der Waals surface area contributed by atoms with Crippen molar-refractivity contribution in [2.24, 2.45) is 0 Å². The van der Waals surface area contributed by atoms with Gasteiger partial charge in [0.2, 0.25) is 0 Å². The molecule has 0 saturated carbocycles. The topological polar surface area (TPSA) is 18.5 Å². The average molecular weight is 253 g/mol. The lowest BCUT2D eigenvalue weighted by molar-refractivity contribution is 0.0925. The second-order valence-electron chi connectivity index (χ2n) is 6.11. The molecule has 1 N–H and O–H groups in total. The molecule has 3 heteroatoms. The molecule has 0 aromatic carbocycles. The lowest BCUT2D eigenvalue weighted by Gasteiger charge is -2.39. The van der Waals surface area contributed by atoms with Gasteiger partial charge in [-0.2, -0.15) is 0 Å². The average Bonchev–Trinajstić information content (AvgIpc) is 2.41. The zero-order valence-corrected chi connectivity index (χ0v) is 12.3. The number of hydrogen-bond donors (Lipinski definition) is 1. The van der Waals surface area contributed by atoms with Crippen molar-refractivity contribution in [1.29, 1.82) is 0 Å². The first-order valence-electron chi connectivity index (χ1n) is 7.99. The summed E-state index contributed by atoms with van der Waals surface area (Å²) in [7, 11) is 0. The first-order valence-corrected chi connectivity index (χ1v) is 7.99. The van der Waals surface area contributed by atoms with E-state index in [1.54, 1.807) is 0 Å². The quantitative estimate of drug-likeness (QED) is 0.808. The first kappa shape index (κ1) is 14.3. The van der Waals surface area contributed by atoms with Crippen molar-refractivity contribution in [2.45, 2.75) is 58.0 Å². The van der Waals surface area contributed by atoms with E-state index in [0.717, 1.165) is 12.1 Å². The molecule has 2 saturated heterocycles. The van der Waals surface area contributed by atoms with Gasteiger partial charge in [-0.05, 0) is 45.7 Å². The highest BCUT2D eigenvalue weighted by molar-refractivity contribution is 4.81. The van der Waals surface area contributed by atoms with E-state index in [1.807, 2.05) is 0 Å². The molecule has 3 nitrogen and oxygen atoms in total. The van der Waals surface area contributed by atoms with Gasteiger partial charge in [-0.1, -0.05) is 13.3 Å². The molecule has 0 bridgehead atoms. The highest BCUT2D eigenvalue weighted by Crippen LogP contribution is 2.16.